The standard InChI is InChI=1S/C18H21N3O3S/c1-12(16-9-8-15(24-3)10-17(16)22)20-21-18(25)19-11-13-4-6-14(23-2)7-5-13/h4-10,22H,11H2,1-3H3,(H2,19,21,25)/b20-12+. The van der Waals surface area contributed by atoms with E-state index in [1.807, 2.05) is 24.3 Å². The molecule has 3 N–H and O–H groups in total. The lowest BCUT2D eigenvalue weighted by Gasteiger charge is -2.10. The van der Waals surface area contributed by atoms with E-state index in [-0.39, 0.29) is 5.75 Å². The second-order valence-electron chi connectivity index (χ2n) is 5.22. The lowest BCUT2D eigenvalue weighted by atomic mass is 10.1. The van der Waals surface area contributed by atoms with Crippen molar-refractivity contribution in [2.24, 2.45) is 5.10 Å². The second kappa shape index (κ2) is 8.89. The lowest BCUT2D eigenvalue weighted by molar-refractivity contribution is 0.407. The summed E-state index contributed by atoms with van der Waals surface area (Å²) in [6.45, 7) is 2.35. The molecule has 2 rings (SSSR count). The summed E-state index contributed by atoms with van der Waals surface area (Å²) in [6.07, 6.45) is 0. The normalized spacial score (nSPS) is 10.9. The molecular weight excluding hydrogens is 338 g/mol. The van der Waals surface area contributed by atoms with Crippen molar-refractivity contribution in [2.75, 3.05) is 14.2 Å². The van der Waals surface area contributed by atoms with Gasteiger partial charge in [-0.3, -0.25) is 5.43 Å². The van der Waals surface area contributed by atoms with Crippen molar-refractivity contribution in [1.82, 2.24) is 10.7 Å². The summed E-state index contributed by atoms with van der Waals surface area (Å²) in [5.74, 6) is 1.49. The fourth-order valence-electron chi connectivity index (χ4n) is 2.10. The van der Waals surface area contributed by atoms with Crippen LogP contribution in [0.2, 0.25) is 0 Å². The van der Waals surface area contributed by atoms with Crippen LogP contribution in [-0.4, -0.2) is 30.2 Å². The van der Waals surface area contributed by atoms with E-state index in [4.69, 9.17) is 21.7 Å². The van der Waals surface area contributed by atoms with E-state index in [9.17, 15) is 5.11 Å². The van der Waals surface area contributed by atoms with Crippen molar-refractivity contribution in [3.63, 3.8) is 0 Å². The average molecular weight is 359 g/mol. The summed E-state index contributed by atoms with van der Waals surface area (Å²) in [5, 5.41) is 17.7. The zero-order chi connectivity index (χ0) is 18.2. The molecule has 0 unspecified atom stereocenters. The molecule has 6 nitrogen and oxygen atoms in total. The highest BCUT2D eigenvalue weighted by molar-refractivity contribution is 7.80. The fourth-order valence-corrected chi connectivity index (χ4v) is 2.22. The quantitative estimate of drug-likeness (QED) is 0.418. The molecule has 0 aromatic heterocycles. The Morgan fingerprint density at radius 1 is 1.08 bits per heavy atom. The summed E-state index contributed by atoms with van der Waals surface area (Å²) in [4.78, 5) is 0. The maximum absolute atomic E-state index is 10.0. The number of phenols is 1. The van der Waals surface area contributed by atoms with Gasteiger partial charge in [0.2, 0.25) is 0 Å². The molecule has 0 atom stereocenters. The van der Waals surface area contributed by atoms with Crippen molar-refractivity contribution >= 4 is 23.0 Å². The molecule has 25 heavy (non-hydrogen) atoms. The summed E-state index contributed by atoms with van der Waals surface area (Å²) >= 11 is 5.21. The molecule has 0 saturated heterocycles. The Kier molecular flexibility index (Phi) is 6.59. The van der Waals surface area contributed by atoms with Crippen LogP contribution in [0.15, 0.2) is 47.6 Å². The Bertz CT molecular complexity index is 761. The van der Waals surface area contributed by atoms with E-state index in [0.29, 0.717) is 28.7 Å². The van der Waals surface area contributed by atoms with Gasteiger partial charge in [0.05, 0.1) is 19.9 Å². The van der Waals surface area contributed by atoms with Crippen molar-refractivity contribution in [3.05, 3.63) is 53.6 Å². The SMILES string of the molecule is COc1ccc(CNC(=S)N/N=C(\C)c2ccc(OC)cc2O)cc1. The smallest absolute Gasteiger partial charge is 0.187 e. The van der Waals surface area contributed by atoms with Crippen LogP contribution in [0.25, 0.3) is 0 Å². The zero-order valence-corrected chi connectivity index (χ0v) is 15.2. The minimum absolute atomic E-state index is 0.0968. The highest BCUT2D eigenvalue weighted by Gasteiger charge is 2.06. The topological polar surface area (TPSA) is 75.1 Å². The maximum atomic E-state index is 10.0. The van der Waals surface area contributed by atoms with Gasteiger partial charge in [-0.15, -0.1) is 0 Å². The van der Waals surface area contributed by atoms with E-state index in [1.165, 1.54) is 6.07 Å². The van der Waals surface area contributed by atoms with E-state index >= 15 is 0 Å². The van der Waals surface area contributed by atoms with Gasteiger partial charge >= 0.3 is 0 Å². The number of ether oxygens (including phenoxy) is 2. The van der Waals surface area contributed by atoms with Gasteiger partial charge in [0, 0.05) is 18.2 Å². The molecule has 0 fully saturated rings. The number of hydrogen-bond donors (Lipinski definition) is 3. The van der Waals surface area contributed by atoms with Crippen LogP contribution in [0, 0.1) is 0 Å². The van der Waals surface area contributed by atoms with Gasteiger partial charge in [-0.2, -0.15) is 5.10 Å². The first kappa shape index (κ1) is 18.5. The van der Waals surface area contributed by atoms with Gasteiger partial charge in [-0.25, -0.2) is 0 Å². The fraction of sp³-hybridized carbons (Fsp3) is 0.222. The number of methoxy groups -OCH3 is 2. The predicted molar refractivity (Wildman–Crippen MR) is 102 cm³/mol. The largest absolute Gasteiger partial charge is 0.507 e. The molecule has 0 amide bonds. The molecule has 2 aromatic carbocycles. The number of hydrazone groups is 1. The Morgan fingerprint density at radius 3 is 2.32 bits per heavy atom. The Hall–Kier alpha value is -2.80. The Balaban J connectivity index is 1.90. The van der Waals surface area contributed by atoms with E-state index in [0.717, 1.165) is 11.3 Å². The number of nitrogens with zero attached hydrogens (tertiary/aromatic N) is 1. The van der Waals surface area contributed by atoms with E-state index < -0.39 is 0 Å². The monoisotopic (exact) mass is 359 g/mol. The van der Waals surface area contributed by atoms with Gasteiger partial charge in [-0.05, 0) is 49.0 Å². The van der Waals surface area contributed by atoms with E-state index in [2.05, 4.69) is 15.8 Å². The number of thiocarbonyl (C=S) groups is 1. The number of aromatic hydroxyl groups is 1. The molecule has 0 aliphatic heterocycles. The molecule has 0 bridgehead atoms. The molecule has 0 aliphatic carbocycles. The first-order valence-corrected chi connectivity index (χ1v) is 8.02. The molecule has 132 valence electrons. The number of hydrogen-bond acceptors (Lipinski definition) is 5. The van der Waals surface area contributed by atoms with Crippen LogP contribution in [0.1, 0.15) is 18.1 Å². The first-order chi connectivity index (χ1) is 12.0. The Morgan fingerprint density at radius 2 is 1.72 bits per heavy atom. The molecule has 0 saturated carbocycles. The van der Waals surface area contributed by atoms with Gasteiger partial charge in [0.1, 0.15) is 17.2 Å². The summed E-state index contributed by atoms with van der Waals surface area (Å²) in [5.41, 5.74) is 5.05. The van der Waals surface area contributed by atoms with Crippen molar-refractivity contribution in [3.8, 4) is 17.2 Å². The van der Waals surface area contributed by atoms with Gasteiger partial charge < -0.3 is 19.9 Å². The molecule has 0 heterocycles. The minimum Gasteiger partial charge on any atom is -0.507 e. The van der Waals surface area contributed by atoms with E-state index in [1.54, 1.807) is 33.3 Å². The van der Waals surface area contributed by atoms with Crippen LogP contribution in [0.3, 0.4) is 0 Å². The minimum atomic E-state index is 0.0968. The maximum Gasteiger partial charge on any atom is 0.187 e. The third-order valence-corrected chi connectivity index (χ3v) is 3.77. The van der Waals surface area contributed by atoms with Gasteiger partial charge in [0.25, 0.3) is 0 Å². The highest BCUT2D eigenvalue weighted by Crippen LogP contribution is 2.23. The predicted octanol–water partition coefficient (Wildman–Crippen LogP) is 2.80. The van der Waals surface area contributed by atoms with Crippen molar-refractivity contribution < 1.29 is 14.6 Å². The number of benzene rings is 2. The summed E-state index contributed by atoms with van der Waals surface area (Å²) < 4.78 is 10.2. The van der Waals surface area contributed by atoms with Crippen molar-refractivity contribution in [2.45, 2.75) is 13.5 Å². The molecule has 0 radical (unpaired) electrons. The third kappa shape index (κ3) is 5.36. The molecule has 2 aromatic rings. The lowest BCUT2D eigenvalue weighted by Crippen LogP contribution is -2.32. The number of rotatable bonds is 6. The molecule has 7 heteroatoms. The van der Waals surface area contributed by atoms with Gasteiger partial charge in [-0.1, -0.05) is 12.1 Å². The van der Waals surface area contributed by atoms with Crippen LogP contribution in [0.5, 0.6) is 17.2 Å². The number of nitrogens with one attached hydrogen (secondary N) is 2. The highest BCUT2D eigenvalue weighted by atomic mass is 32.1. The first-order valence-electron chi connectivity index (χ1n) is 7.62. The third-order valence-electron chi connectivity index (χ3n) is 3.53. The van der Waals surface area contributed by atoms with Crippen LogP contribution in [0.4, 0.5) is 0 Å². The molecular formula is C18H21N3O3S. The Labute approximate surface area is 152 Å². The van der Waals surface area contributed by atoms with Gasteiger partial charge in [0.15, 0.2) is 5.11 Å². The van der Waals surface area contributed by atoms with Crippen LogP contribution < -0.4 is 20.2 Å². The summed E-state index contributed by atoms with van der Waals surface area (Å²) in [7, 11) is 3.18. The average Bonchev–Trinajstić information content (AvgIpc) is 2.64. The summed E-state index contributed by atoms with van der Waals surface area (Å²) in [6, 6.07) is 12.7. The second-order valence-corrected chi connectivity index (χ2v) is 5.63. The molecule has 0 spiro atoms. The van der Waals surface area contributed by atoms with Crippen LogP contribution in [-0.2, 0) is 6.54 Å². The number of phenolic OH excluding ortho intramolecular Hbond substituents is 1. The zero-order valence-electron chi connectivity index (χ0n) is 14.4. The molecule has 0 aliphatic rings. The van der Waals surface area contributed by atoms with Crippen molar-refractivity contribution in [1.29, 1.82) is 0 Å². The van der Waals surface area contributed by atoms with Crippen LogP contribution >= 0.6 is 12.2 Å².